The molecule has 0 aromatic rings. The summed E-state index contributed by atoms with van der Waals surface area (Å²) in [6, 6.07) is 0. The summed E-state index contributed by atoms with van der Waals surface area (Å²) in [7, 11) is 1.26. The number of unbranched alkanes of at least 4 members (excludes halogenated alkanes) is 1. The summed E-state index contributed by atoms with van der Waals surface area (Å²) in [4.78, 5) is 24.9. The van der Waals surface area contributed by atoms with Crippen LogP contribution in [0.15, 0.2) is 0 Å². The molecule has 2 fully saturated rings. The predicted molar refractivity (Wildman–Crippen MR) is 68.1 cm³/mol. The second kappa shape index (κ2) is 7.56. The van der Waals surface area contributed by atoms with Gasteiger partial charge in [-0.05, 0) is 19.4 Å². The lowest BCUT2D eigenvalue weighted by Gasteiger charge is -2.26. The molecule has 2 saturated heterocycles. The molecule has 0 aromatic carbocycles. The number of carbonyl (C=O) groups is 2. The first-order valence-electron chi connectivity index (χ1n) is 6.92. The number of methoxy groups -OCH3 is 1. The van der Waals surface area contributed by atoms with Gasteiger partial charge in [0.15, 0.2) is 12.2 Å². The summed E-state index contributed by atoms with van der Waals surface area (Å²) in [6.45, 7) is 4.88. The van der Waals surface area contributed by atoms with E-state index in [1.165, 1.54) is 7.11 Å². The van der Waals surface area contributed by atoms with Gasteiger partial charge in [0.2, 0.25) is 0 Å². The van der Waals surface area contributed by atoms with Gasteiger partial charge in [-0.2, -0.15) is 0 Å². The summed E-state index contributed by atoms with van der Waals surface area (Å²) < 4.78 is 19.7. The zero-order valence-corrected chi connectivity index (χ0v) is 11.7. The zero-order valence-electron chi connectivity index (χ0n) is 11.7. The first-order chi connectivity index (χ1) is 9.72. The minimum Gasteiger partial charge on any atom is -0.467 e. The van der Waals surface area contributed by atoms with E-state index in [9.17, 15) is 9.59 Å². The number of morpholine rings is 1. The highest BCUT2D eigenvalue weighted by molar-refractivity contribution is 5.89. The van der Waals surface area contributed by atoms with E-state index >= 15 is 0 Å². The largest absolute Gasteiger partial charge is 0.467 e. The molecule has 0 amide bonds. The molecule has 0 aromatic heterocycles. The third kappa shape index (κ3) is 4.43. The Morgan fingerprint density at radius 1 is 1.15 bits per heavy atom. The smallest absolute Gasteiger partial charge is 0.338 e. The first-order valence-corrected chi connectivity index (χ1v) is 6.92. The van der Waals surface area contributed by atoms with Gasteiger partial charge in [-0.25, -0.2) is 9.59 Å². The lowest BCUT2D eigenvalue weighted by Crippen LogP contribution is -2.36. The van der Waals surface area contributed by atoms with Crippen molar-refractivity contribution in [2.75, 3.05) is 46.6 Å². The Kier molecular flexibility index (Phi) is 5.75. The van der Waals surface area contributed by atoms with Crippen LogP contribution in [0, 0.1) is 0 Å². The summed E-state index contributed by atoms with van der Waals surface area (Å²) >= 11 is 0. The zero-order chi connectivity index (χ0) is 14.4. The maximum atomic E-state index is 11.5. The lowest BCUT2D eigenvalue weighted by molar-refractivity contribution is -0.146. The molecule has 7 nitrogen and oxygen atoms in total. The fourth-order valence-corrected chi connectivity index (χ4v) is 2.10. The number of ether oxygens (including phenoxy) is 4. The standard InChI is InChI=1S/C13H21NO6/c1-17-12(15)10-11(20-10)13(16)19-7-3-2-4-14-5-8-18-9-6-14/h10-11H,2-9H2,1H3. The van der Waals surface area contributed by atoms with Crippen LogP contribution in [0.4, 0.5) is 0 Å². The van der Waals surface area contributed by atoms with Gasteiger partial charge in [0.05, 0.1) is 26.9 Å². The highest BCUT2D eigenvalue weighted by Gasteiger charge is 2.52. The molecule has 114 valence electrons. The van der Waals surface area contributed by atoms with Gasteiger partial charge in [-0.1, -0.05) is 0 Å². The van der Waals surface area contributed by atoms with E-state index in [-0.39, 0.29) is 0 Å². The topological polar surface area (TPSA) is 77.6 Å². The molecule has 0 bridgehead atoms. The number of nitrogens with zero attached hydrogens (tertiary/aromatic N) is 1. The van der Waals surface area contributed by atoms with Gasteiger partial charge in [0, 0.05) is 13.1 Å². The van der Waals surface area contributed by atoms with Gasteiger partial charge in [-0.3, -0.25) is 4.90 Å². The maximum Gasteiger partial charge on any atom is 0.338 e. The number of hydrogen-bond donors (Lipinski definition) is 0. The van der Waals surface area contributed by atoms with Crippen LogP contribution in [0.1, 0.15) is 12.8 Å². The van der Waals surface area contributed by atoms with Crippen molar-refractivity contribution in [1.82, 2.24) is 4.90 Å². The normalized spacial score (nSPS) is 26.1. The number of epoxide rings is 1. The van der Waals surface area contributed by atoms with Crippen molar-refractivity contribution in [3.05, 3.63) is 0 Å². The summed E-state index contributed by atoms with van der Waals surface area (Å²) in [5.41, 5.74) is 0. The molecule has 20 heavy (non-hydrogen) atoms. The van der Waals surface area contributed by atoms with Crippen LogP contribution in [-0.4, -0.2) is 75.6 Å². The number of esters is 2. The predicted octanol–water partition coefficient (Wildman–Crippen LogP) is -0.418. The Labute approximate surface area is 118 Å². The summed E-state index contributed by atoms with van der Waals surface area (Å²) in [6.07, 6.45) is 0.223. The van der Waals surface area contributed by atoms with Gasteiger partial charge < -0.3 is 18.9 Å². The van der Waals surface area contributed by atoms with Crippen LogP contribution in [-0.2, 0) is 28.5 Å². The molecule has 2 unspecified atom stereocenters. The van der Waals surface area contributed by atoms with Gasteiger partial charge in [0.25, 0.3) is 0 Å². The van der Waals surface area contributed by atoms with Crippen molar-refractivity contribution in [3.63, 3.8) is 0 Å². The van der Waals surface area contributed by atoms with E-state index in [4.69, 9.17) is 14.2 Å². The Hall–Kier alpha value is -1.18. The van der Waals surface area contributed by atoms with Crippen LogP contribution in [0.5, 0.6) is 0 Å². The Morgan fingerprint density at radius 2 is 1.85 bits per heavy atom. The third-order valence-electron chi connectivity index (χ3n) is 3.37. The first kappa shape index (κ1) is 15.2. The lowest BCUT2D eigenvalue weighted by atomic mass is 10.3. The fraction of sp³-hybridized carbons (Fsp3) is 0.846. The minimum absolute atomic E-state index is 0.358. The molecule has 7 heteroatoms. The van der Waals surface area contributed by atoms with Gasteiger partial charge in [0.1, 0.15) is 0 Å². The molecule has 2 rings (SSSR count). The van der Waals surface area contributed by atoms with Crippen molar-refractivity contribution >= 4 is 11.9 Å². The molecule has 0 spiro atoms. The molecule has 0 saturated carbocycles. The van der Waals surface area contributed by atoms with Crippen LogP contribution in [0.25, 0.3) is 0 Å². The van der Waals surface area contributed by atoms with Crippen molar-refractivity contribution < 1.29 is 28.5 Å². The number of carbonyl (C=O) groups excluding carboxylic acids is 2. The second-order valence-electron chi connectivity index (χ2n) is 4.83. The number of hydrogen-bond acceptors (Lipinski definition) is 7. The van der Waals surface area contributed by atoms with Crippen LogP contribution in [0.3, 0.4) is 0 Å². The van der Waals surface area contributed by atoms with E-state index in [1.807, 2.05) is 0 Å². The molecule has 0 radical (unpaired) electrons. The maximum absolute atomic E-state index is 11.5. The Bertz CT molecular complexity index is 342. The van der Waals surface area contributed by atoms with E-state index in [1.54, 1.807) is 0 Å². The Balaban J connectivity index is 1.49. The van der Waals surface area contributed by atoms with Crippen LogP contribution >= 0.6 is 0 Å². The van der Waals surface area contributed by atoms with Gasteiger partial charge in [-0.15, -0.1) is 0 Å². The molecular formula is C13H21NO6. The van der Waals surface area contributed by atoms with Crippen LogP contribution in [0.2, 0.25) is 0 Å². The Morgan fingerprint density at radius 3 is 2.55 bits per heavy atom. The van der Waals surface area contributed by atoms with Crippen molar-refractivity contribution in [3.8, 4) is 0 Å². The molecular weight excluding hydrogens is 266 g/mol. The molecule has 2 aliphatic heterocycles. The minimum atomic E-state index is -0.777. The fourth-order valence-electron chi connectivity index (χ4n) is 2.10. The molecule has 2 heterocycles. The average molecular weight is 287 g/mol. The van der Waals surface area contributed by atoms with E-state index in [2.05, 4.69) is 9.64 Å². The highest BCUT2D eigenvalue weighted by Crippen LogP contribution is 2.24. The number of rotatable bonds is 7. The monoisotopic (exact) mass is 287 g/mol. The van der Waals surface area contributed by atoms with Crippen molar-refractivity contribution in [2.45, 2.75) is 25.0 Å². The van der Waals surface area contributed by atoms with E-state index in [0.29, 0.717) is 6.61 Å². The molecule has 0 N–H and O–H groups in total. The van der Waals surface area contributed by atoms with E-state index in [0.717, 1.165) is 45.7 Å². The van der Waals surface area contributed by atoms with E-state index < -0.39 is 24.1 Å². The van der Waals surface area contributed by atoms with Crippen molar-refractivity contribution in [1.29, 1.82) is 0 Å². The highest BCUT2D eigenvalue weighted by atomic mass is 16.7. The average Bonchev–Trinajstić information content (AvgIpc) is 3.27. The third-order valence-corrected chi connectivity index (χ3v) is 3.37. The SMILES string of the molecule is COC(=O)C1OC1C(=O)OCCCCN1CCOCC1. The molecule has 2 atom stereocenters. The van der Waals surface area contributed by atoms with Crippen LogP contribution < -0.4 is 0 Å². The quantitative estimate of drug-likeness (QED) is 0.357. The summed E-state index contributed by atoms with van der Waals surface area (Å²) in [5.74, 6) is -1.01. The van der Waals surface area contributed by atoms with Gasteiger partial charge >= 0.3 is 11.9 Å². The molecule has 2 aliphatic rings. The summed E-state index contributed by atoms with van der Waals surface area (Å²) in [5, 5.41) is 0. The van der Waals surface area contributed by atoms with Crippen molar-refractivity contribution in [2.24, 2.45) is 0 Å². The molecule has 0 aliphatic carbocycles. The second-order valence-corrected chi connectivity index (χ2v) is 4.83.